The Morgan fingerprint density at radius 2 is 1.91 bits per heavy atom. The second kappa shape index (κ2) is 8.10. The molecule has 0 aliphatic carbocycles. The van der Waals surface area contributed by atoms with E-state index in [2.05, 4.69) is 15.5 Å². The summed E-state index contributed by atoms with van der Waals surface area (Å²) in [6.07, 6.45) is 2.49. The average molecular weight is 328 g/mol. The number of nitrogens with zero attached hydrogens (tertiary/aromatic N) is 1. The Kier molecular flexibility index (Phi) is 6.15. The first-order valence-corrected chi connectivity index (χ1v) is 7.70. The molecule has 0 aromatic heterocycles. The Morgan fingerprint density at radius 1 is 1.23 bits per heavy atom. The van der Waals surface area contributed by atoms with Crippen molar-refractivity contribution in [3.63, 3.8) is 0 Å². The Morgan fingerprint density at radius 3 is 2.55 bits per heavy atom. The molecule has 2 N–H and O–H groups in total. The van der Waals surface area contributed by atoms with Crippen LogP contribution in [0.25, 0.3) is 0 Å². The SMILES string of the molecule is COc1cc(OC)c(NC(=O)NCCN2CCCC2)cc1Cl. The van der Waals surface area contributed by atoms with Crippen LogP contribution >= 0.6 is 11.6 Å². The highest BCUT2D eigenvalue weighted by Gasteiger charge is 2.13. The van der Waals surface area contributed by atoms with E-state index >= 15 is 0 Å². The molecule has 0 unspecified atom stereocenters. The number of ether oxygens (including phenoxy) is 2. The summed E-state index contributed by atoms with van der Waals surface area (Å²) < 4.78 is 10.4. The summed E-state index contributed by atoms with van der Waals surface area (Å²) in [5.41, 5.74) is 0.506. The van der Waals surface area contributed by atoms with E-state index in [0.29, 0.717) is 28.8 Å². The monoisotopic (exact) mass is 327 g/mol. The molecule has 1 aromatic rings. The van der Waals surface area contributed by atoms with Gasteiger partial charge in [0.05, 0.1) is 24.9 Å². The maximum atomic E-state index is 11.9. The third-order valence-corrected chi connectivity index (χ3v) is 3.93. The van der Waals surface area contributed by atoms with Crippen LogP contribution in [-0.2, 0) is 0 Å². The predicted octanol–water partition coefficient (Wildman–Crippen LogP) is 2.57. The lowest BCUT2D eigenvalue weighted by Crippen LogP contribution is -2.36. The van der Waals surface area contributed by atoms with E-state index < -0.39 is 0 Å². The van der Waals surface area contributed by atoms with E-state index in [4.69, 9.17) is 21.1 Å². The molecule has 1 heterocycles. The molecule has 1 aliphatic heterocycles. The quantitative estimate of drug-likeness (QED) is 0.843. The fourth-order valence-electron chi connectivity index (χ4n) is 2.46. The summed E-state index contributed by atoms with van der Waals surface area (Å²) in [6, 6.07) is 2.97. The first kappa shape index (κ1) is 16.7. The van der Waals surface area contributed by atoms with Crippen molar-refractivity contribution < 1.29 is 14.3 Å². The molecule has 7 heteroatoms. The van der Waals surface area contributed by atoms with Crippen LogP contribution in [0.1, 0.15) is 12.8 Å². The van der Waals surface area contributed by atoms with Crippen molar-refractivity contribution in [3.05, 3.63) is 17.2 Å². The number of rotatable bonds is 6. The number of likely N-dealkylation sites (tertiary alicyclic amines) is 1. The minimum Gasteiger partial charge on any atom is -0.495 e. The maximum Gasteiger partial charge on any atom is 0.319 e. The topological polar surface area (TPSA) is 62.8 Å². The van der Waals surface area contributed by atoms with E-state index in [1.165, 1.54) is 27.1 Å². The maximum absolute atomic E-state index is 11.9. The Balaban J connectivity index is 1.88. The first-order chi connectivity index (χ1) is 10.6. The van der Waals surface area contributed by atoms with E-state index in [1.807, 2.05) is 0 Å². The molecule has 2 rings (SSSR count). The molecule has 0 atom stereocenters. The molecule has 0 spiro atoms. The third kappa shape index (κ3) is 4.42. The predicted molar refractivity (Wildman–Crippen MR) is 87.3 cm³/mol. The second-order valence-corrected chi connectivity index (χ2v) is 5.52. The number of nitrogens with one attached hydrogen (secondary N) is 2. The number of halogens is 1. The van der Waals surface area contributed by atoms with Crippen molar-refractivity contribution >= 4 is 23.3 Å². The number of amides is 2. The molecule has 0 saturated carbocycles. The van der Waals surface area contributed by atoms with Gasteiger partial charge in [-0.15, -0.1) is 0 Å². The van der Waals surface area contributed by atoms with Crippen LogP contribution in [-0.4, -0.2) is 51.3 Å². The van der Waals surface area contributed by atoms with Gasteiger partial charge in [-0.05, 0) is 32.0 Å². The average Bonchev–Trinajstić information content (AvgIpc) is 3.01. The van der Waals surface area contributed by atoms with Crippen LogP contribution in [0.4, 0.5) is 10.5 Å². The number of urea groups is 1. The first-order valence-electron chi connectivity index (χ1n) is 7.32. The van der Waals surface area contributed by atoms with Gasteiger partial charge in [0, 0.05) is 19.2 Å². The molecule has 2 amide bonds. The van der Waals surface area contributed by atoms with Gasteiger partial charge in [-0.25, -0.2) is 4.79 Å². The number of carbonyl (C=O) groups is 1. The van der Waals surface area contributed by atoms with Crippen molar-refractivity contribution in [2.45, 2.75) is 12.8 Å². The van der Waals surface area contributed by atoms with Crippen molar-refractivity contribution in [2.75, 3.05) is 45.7 Å². The Labute approximate surface area is 135 Å². The van der Waals surface area contributed by atoms with Gasteiger partial charge < -0.3 is 25.0 Å². The molecule has 6 nitrogen and oxygen atoms in total. The molecule has 1 saturated heterocycles. The summed E-state index contributed by atoms with van der Waals surface area (Å²) in [4.78, 5) is 14.3. The largest absolute Gasteiger partial charge is 0.495 e. The number of hydrogen-bond donors (Lipinski definition) is 2. The molecule has 1 aliphatic rings. The van der Waals surface area contributed by atoms with Gasteiger partial charge in [0.15, 0.2) is 0 Å². The number of anilines is 1. The van der Waals surface area contributed by atoms with Crippen molar-refractivity contribution in [3.8, 4) is 11.5 Å². The minimum atomic E-state index is -0.279. The summed E-state index contributed by atoms with van der Waals surface area (Å²) in [5.74, 6) is 0.995. The van der Waals surface area contributed by atoms with Crippen LogP contribution < -0.4 is 20.1 Å². The van der Waals surface area contributed by atoms with Crippen molar-refractivity contribution in [2.24, 2.45) is 0 Å². The van der Waals surface area contributed by atoms with Crippen molar-refractivity contribution in [1.82, 2.24) is 10.2 Å². The summed E-state index contributed by atoms with van der Waals surface area (Å²) in [5, 5.41) is 5.99. The standard InChI is InChI=1S/C15H22ClN3O3/c1-21-13-10-14(22-2)12(9-11(13)16)18-15(20)17-5-8-19-6-3-4-7-19/h9-10H,3-8H2,1-2H3,(H2,17,18,20). The van der Waals surface area contributed by atoms with Crippen LogP contribution in [0.5, 0.6) is 11.5 Å². The fraction of sp³-hybridized carbons (Fsp3) is 0.533. The van der Waals surface area contributed by atoms with E-state index in [1.54, 1.807) is 12.1 Å². The lowest BCUT2D eigenvalue weighted by molar-refractivity contribution is 0.249. The molecule has 0 radical (unpaired) electrons. The highest BCUT2D eigenvalue weighted by atomic mass is 35.5. The molecular formula is C15H22ClN3O3. The molecular weight excluding hydrogens is 306 g/mol. The molecule has 122 valence electrons. The number of carbonyl (C=O) groups excluding carboxylic acids is 1. The smallest absolute Gasteiger partial charge is 0.319 e. The number of benzene rings is 1. The summed E-state index contributed by atoms with van der Waals surface area (Å²) in [7, 11) is 3.05. The van der Waals surface area contributed by atoms with Crippen LogP contribution in [0.2, 0.25) is 5.02 Å². The molecule has 1 fully saturated rings. The van der Waals surface area contributed by atoms with Crippen molar-refractivity contribution in [1.29, 1.82) is 0 Å². The van der Waals surface area contributed by atoms with Crippen LogP contribution in [0.3, 0.4) is 0 Å². The zero-order chi connectivity index (χ0) is 15.9. The molecule has 1 aromatic carbocycles. The second-order valence-electron chi connectivity index (χ2n) is 5.12. The molecule has 0 bridgehead atoms. The van der Waals surface area contributed by atoms with E-state index in [0.717, 1.165) is 19.6 Å². The van der Waals surface area contributed by atoms with Gasteiger partial charge in [-0.3, -0.25) is 0 Å². The van der Waals surface area contributed by atoms with Gasteiger partial charge in [0.25, 0.3) is 0 Å². The minimum absolute atomic E-state index is 0.279. The van der Waals surface area contributed by atoms with E-state index in [-0.39, 0.29) is 6.03 Å². The lowest BCUT2D eigenvalue weighted by atomic mass is 10.2. The number of hydrogen-bond acceptors (Lipinski definition) is 4. The highest BCUT2D eigenvalue weighted by Crippen LogP contribution is 2.35. The normalized spacial score (nSPS) is 14.7. The van der Waals surface area contributed by atoms with Crippen LogP contribution in [0.15, 0.2) is 12.1 Å². The summed E-state index contributed by atoms with van der Waals surface area (Å²) >= 11 is 6.07. The number of methoxy groups -OCH3 is 2. The van der Waals surface area contributed by atoms with Gasteiger partial charge >= 0.3 is 6.03 Å². The van der Waals surface area contributed by atoms with Crippen LogP contribution in [0, 0.1) is 0 Å². The van der Waals surface area contributed by atoms with Gasteiger partial charge in [-0.1, -0.05) is 11.6 Å². The fourth-order valence-corrected chi connectivity index (χ4v) is 2.70. The molecule has 22 heavy (non-hydrogen) atoms. The van der Waals surface area contributed by atoms with Gasteiger partial charge in [0.1, 0.15) is 11.5 Å². The van der Waals surface area contributed by atoms with Gasteiger partial charge in [0.2, 0.25) is 0 Å². The Hall–Kier alpha value is -1.66. The zero-order valence-electron chi connectivity index (χ0n) is 12.9. The third-order valence-electron chi connectivity index (χ3n) is 3.63. The summed E-state index contributed by atoms with van der Waals surface area (Å²) in [6.45, 7) is 3.71. The lowest BCUT2D eigenvalue weighted by Gasteiger charge is -2.16. The van der Waals surface area contributed by atoms with Gasteiger partial charge in [-0.2, -0.15) is 0 Å². The Bertz CT molecular complexity index is 519. The van der Waals surface area contributed by atoms with E-state index in [9.17, 15) is 4.79 Å². The zero-order valence-corrected chi connectivity index (χ0v) is 13.7. The highest BCUT2D eigenvalue weighted by molar-refractivity contribution is 6.32.